The van der Waals surface area contributed by atoms with Crippen molar-refractivity contribution in [2.75, 3.05) is 26.7 Å². The maximum Gasteiger partial charge on any atom is 0.326 e. The van der Waals surface area contributed by atoms with Crippen LogP contribution in [0.2, 0.25) is 0 Å². The highest BCUT2D eigenvalue weighted by Gasteiger charge is 2.33. The Balaban J connectivity index is 2.42. The van der Waals surface area contributed by atoms with Gasteiger partial charge in [-0.3, -0.25) is 4.79 Å². The van der Waals surface area contributed by atoms with Gasteiger partial charge in [0.25, 0.3) is 0 Å². The first-order valence-corrected chi connectivity index (χ1v) is 6.46. The molecule has 0 aromatic rings. The van der Waals surface area contributed by atoms with E-state index in [4.69, 9.17) is 10.5 Å². The molecule has 1 aliphatic rings. The molecule has 1 atom stereocenters. The molecule has 0 aliphatic carbocycles. The van der Waals surface area contributed by atoms with Crippen molar-refractivity contribution in [3.8, 4) is 0 Å². The Bertz CT molecular complexity index is 256. The van der Waals surface area contributed by atoms with Crippen LogP contribution >= 0.6 is 0 Å². The molecule has 17 heavy (non-hydrogen) atoms. The van der Waals surface area contributed by atoms with Crippen LogP contribution in [0.4, 0.5) is 0 Å². The van der Waals surface area contributed by atoms with Crippen molar-refractivity contribution >= 4 is 5.97 Å². The number of nitrogens with two attached hydrogens (primary N) is 1. The van der Waals surface area contributed by atoms with E-state index in [1.54, 1.807) is 6.92 Å². The third-order valence-electron chi connectivity index (χ3n) is 3.78. The van der Waals surface area contributed by atoms with E-state index in [1.807, 2.05) is 0 Å². The number of methoxy groups -OCH3 is 1. The molecule has 0 aromatic heterocycles. The first-order chi connectivity index (χ1) is 7.86. The number of hydrogen-bond acceptors (Lipinski definition) is 4. The highest BCUT2D eigenvalue weighted by molar-refractivity contribution is 5.80. The van der Waals surface area contributed by atoms with Crippen LogP contribution in [0, 0.1) is 11.8 Å². The summed E-state index contributed by atoms with van der Waals surface area (Å²) < 4.78 is 4.73. The number of carbonyl (C=O) groups is 1. The Labute approximate surface area is 104 Å². The predicted octanol–water partition coefficient (Wildman–Crippen LogP) is 1.24. The van der Waals surface area contributed by atoms with Gasteiger partial charge in [-0.2, -0.15) is 0 Å². The molecule has 0 radical (unpaired) electrons. The van der Waals surface area contributed by atoms with E-state index >= 15 is 0 Å². The van der Waals surface area contributed by atoms with Crippen molar-refractivity contribution in [2.45, 2.75) is 39.2 Å². The van der Waals surface area contributed by atoms with Crippen LogP contribution in [0.15, 0.2) is 0 Å². The Morgan fingerprint density at radius 3 is 2.41 bits per heavy atom. The van der Waals surface area contributed by atoms with E-state index in [0.717, 1.165) is 24.9 Å². The summed E-state index contributed by atoms with van der Waals surface area (Å²) in [6.45, 7) is 8.96. The second-order valence-electron chi connectivity index (χ2n) is 5.77. The zero-order chi connectivity index (χ0) is 13.1. The van der Waals surface area contributed by atoms with Crippen molar-refractivity contribution in [1.82, 2.24) is 4.90 Å². The average Bonchev–Trinajstić information content (AvgIpc) is 2.28. The van der Waals surface area contributed by atoms with Crippen LogP contribution in [-0.2, 0) is 9.53 Å². The smallest absolute Gasteiger partial charge is 0.326 e. The van der Waals surface area contributed by atoms with Crippen molar-refractivity contribution in [2.24, 2.45) is 17.6 Å². The number of carbonyl (C=O) groups excluding carboxylic acids is 1. The number of rotatable bonds is 4. The molecule has 1 aliphatic heterocycles. The van der Waals surface area contributed by atoms with Gasteiger partial charge in [0.05, 0.1) is 7.11 Å². The van der Waals surface area contributed by atoms with Gasteiger partial charge >= 0.3 is 5.97 Å². The van der Waals surface area contributed by atoms with Crippen LogP contribution in [0.25, 0.3) is 0 Å². The van der Waals surface area contributed by atoms with Gasteiger partial charge < -0.3 is 15.4 Å². The third kappa shape index (κ3) is 3.96. The van der Waals surface area contributed by atoms with Crippen molar-refractivity contribution in [3.05, 3.63) is 0 Å². The van der Waals surface area contributed by atoms with E-state index in [1.165, 1.54) is 20.0 Å². The summed E-state index contributed by atoms with van der Waals surface area (Å²) in [5.41, 5.74) is 5.09. The molecule has 0 bridgehead atoms. The van der Waals surface area contributed by atoms with Gasteiger partial charge in [-0.1, -0.05) is 13.8 Å². The molecule has 1 fully saturated rings. The number of esters is 1. The first kappa shape index (κ1) is 14.5. The Morgan fingerprint density at radius 2 is 2.00 bits per heavy atom. The molecule has 2 N–H and O–H groups in total. The number of hydrogen-bond donors (Lipinski definition) is 1. The summed E-state index contributed by atoms with van der Waals surface area (Å²) >= 11 is 0. The van der Waals surface area contributed by atoms with Gasteiger partial charge in [0.2, 0.25) is 0 Å². The fraction of sp³-hybridized carbons (Fsp3) is 0.923. The maximum absolute atomic E-state index is 11.5. The minimum atomic E-state index is -0.889. The minimum Gasteiger partial charge on any atom is -0.468 e. The largest absolute Gasteiger partial charge is 0.468 e. The van der Waals surface area contributed by atoms with Crippen molar-refractivity contribution in [3.63, 3.8) is 0 Å². The molecule has 1 saturated heterocycles. The third-order valence-corrected chi connectivity index (χ3v) is 3.78. The number of likely N-dealkylation sites (tertiary alicyclic amines) is 1. The normalized spacial score (nSPS) is 22.5. The van der Waals surface area contributed by atoms with Gasteiger partial charge in [-0.05, 0) is 44.7 Å². The van der Waals surface area contributed by atoms with Crippen molar-refractivity contribution < 1.29 is 9.53 Å². The van der Waals surface area contributed by atoms with E-state index in [-0.39, 0.29) is 5.97 Å². The molecule has 4 heteroatoms. The van der Waals surface area contributed by atoms with Gasteiger partial charge in [0.1, 0.15) is 5.54 Å². The van der Waals surface area contributed by atoms with Gasteiger partial charge in [0, 0.05) is 6.54 Å². The zero-order valence-electron chi connectivity index (χ0n) is 11.5. The molecule has 4 nitrogen and oxygen atoms in total. The molecule has 0 amide bonds. The van der Waals surface area contributed by atoms with Crippen LogP contribution < -0.4 is 5.73 Å². The fourth-order valence-corrected chi connectivity index (χ4v) is 2.54. The predicted molar refractivity (Wildman–Crippen MR) is 68.6 cm³/mol. The van der Waals surface area contributed by atoms with E-state index in [9.17, 15) is 4.79 Å². The SMILES string of the molecule is COC(=O)C(C)(N)CN1CCC(C(C)C)CC1. The zero-order valence-corrected chi connectivity index (χ0v) is 11.5. The molecule has 1 unspecified atom stereocenters. The summed E-state index contributed by atoms with van der Waals surface area (Å²) in [4.78, 5) is 13.8. The molecular formula is C13H26N2O2. The molecule has 0 aromatic carbocycles. The summed E-state index contributed by atoms with van der Waals surface area (Å²) in [5.74, 6) is 1.24. The second kappa shape index (κ2) is 5.83. The number of nitrogens with zero attached hydrogens (tertiary/aromatic N) is 1. The molecule has 0 saturated carbocycles. The molecule has 100 valence electrons. The van der Waals surface area contributed by atoms with Crippen LogP contribution in [0.5, 0.6) is 0 Å². The highest BCUT2D eigenvalue weighted by Crippen LogP contribution is 2.25. The minimum absolute atomic E-state index is 0.330. The summed E-state index contributed by atoms with van der Waals surface area (Å²) in [5, 5.41) is 0. The summed E-state index contributed by atoms with van der Waals surface area (Å²) in [6.07, 6.45) is 2.41. The van der Waals surface area contributed by atoms with Crippen LogP contribution in [-0.4, -0.2) is 43.2 Å². The molecule has 1 heterocycles. The Hall–Kier alpha value is -0.610. The number of piperidine rings is 1. The van der Waals surface area contributed by atoms with Crippen molar-refractivity contribution in [1.29, 1.82) is 0 Å². The van der Waals surface area contributed by atoms with E-state index in [0.29, 0.717) is 6.54 Å². The number of ether oxygens (including phenoxy) is 1. The summed E-state index contributed by atoms with van der Waals surface area (Å²) in [6, 6.07) is 0. The quantitative estimate of drug-likeness (QED) is 0.754. The highest BCUT2D eigenvalue weighted by atomic mass is 16.5. The Kier molecular flexibility index (Phi) is 4.95. The average molecular weight is 242 g/mol. The maximum atomic E-state index is 11.5. The van der Waals surface area contributed by atoms with E-state index in [2.05, 4.69) is 18.7 Å². The topological polar surface area (TPSA) is 55.6 Å². The molecule has 0 spiro atoms. The first-order valence-electron chi connectivity index (χ1n) is 6.46. The lowest BCUT2D eigenvalue weighted by molar-refractivity contribution is -0.147. The standard InChI is InChI=1S/C13H26N2O2/c1-10(2)11-5-7-15(8-6-11)9-13(3,14)12(16)17-4/h10-11H,5-9,14H2,1-4H3. The lowest BCUT2D eigenvalue weighted by atomic mass is 9.86. The van der Waals surface area contributed by atoms with E-state index < -0.39 is 5.54 Å². The molecule has 1 rings (SSSR count). The monoisotopic (exact) mass is 242 g/mol. The lowest BCUT2D eigenvalue weighted by Gasteiger charge is -2.37. The fourth-order valence-electron chi connectivity index (χ4n) is 2.54. The van der Waals surface area contributed by atoms with Gasteiger partial charge in [0.15, 0.2) is 0 Å². The lowest BCUT2D eigenvalue weighted by Crippen LogP contribution is -2.55. The van der Waals surface area contributed by atoms with Crippen LogP contribution in [0.3, 0.4) is 0 Å². The second-order valence-corrected chi connectivity index (χ2v) is 5.77. The molecular weight excluding hydrogens is 216 g/mol. The van der Waals surface area contributed by atoms with Crippen LogP contribution in [0.1, 0.15) is 33.6 Å². The van der Waals surface area contributed by atoms with Gasteiger partial charge in [-0.25, -0.2) is 0 Å². The Morgan fingerprint density at radius 1 is 1.47 bits per heavy atom. The summed E-state index contributed by atoms with van der Waals surface area (Å²) in [7, 11) is 1.39. The van der Waals surface area contributed by atoms with Gasteiger partial charge in [-0.15, -0.1) is 0 Å².